The lowest BCUT2D eigenvalue weighted by atomic mass is 9.62. The highest BCUT2D eigenvalue weighted by atomic mass is 19.1. The molecule has 3 heteroatoms. The number of nitrogens with two attached hydrogens (primary N) is 1. The third-order valence-electron chi connectivity index (χ3n) is 8.57. The molecule has 2 saturated carbocycles. The van der Waals surface area contributed by atoms with Crippen molar-refractivity contribution in [3.63, 3.8) is 0 Å². The van der Waals surface area contributed by atoms with Crippen LogP contribution in [0, 0.1) is 17.3 Å². The Morgan fingerprint density at radius 3 is 2.75 bits per heavy atom. The Kier molecular flexibility index (Phi) is 8.04. The maximum absolute atomic E-state index is 14.2. The quantitative estimate of drug-likeness (QED) is 0.413. The standard InChI is InChI=1S/C29H44FNO/c1-6-29(32,7-2)17-8-10-20(3)25-14-15-26-22(11-9-16-28(25,26)5)12-13-23-18-24(31)19-27(30)21(23)4/h8,12-14,17,20,24,26-27,32H,4,6-7,9-11,15-16,18-19,31H2,1-3,5H3/b17-8+,22-12+,23-13-. The Morgan fingerprint density at radius 1 is 1.34 bits per heavy atom. The van der Waals surface area contributed by atoms with Gasteiger partial charge in [0.1, 0.15) is 6.17 Å². The first kappa shape index (κ1) is 25.2. The molecule has 0 aliphatic heterocycles. The predicted octanol–water partition coefficient (Wildman–Crippen LogP) is 7.12. The normalized spacial score (nSPS) is 34.9. The molecule has 3 rings (SSSR count). The predicted molar refractivity (Wildman–Crippen MR) is 134 cm³/mol. The Hall–Kier alpha value is -1.45. The summed E-state index contributed by atoms with van der Waals surface area (Å²) >= 11 is 0. The highest BCUT2D eigenvalue weighted by molar-refractivity contribution is 5.40. The van der Waals surface area contributed by atoms with Crippen molar-refractivity contribution >= 4 is 0 Å². The molecule has 32 heavy (non-hydrogen) atoms. The lowest BCUT2D eigenvalue weighted by molar-refractivity contribution is 0.0824. The summed E-state index contributed by atoms with van der Waals surface area (Å²) in [4.78, 5) is 0. The molecule has 3 N–H and O–H groups in total. The lowest BCUT2D eigenvalue weighted by Gasteiger charge is -2.42. The largest absolute Gasteiger partial charge is 0.386 e. The van der Waals surface area contributed by atoms with Gasteiger partial charge in [0.05, 0.1) is 5.60 Å². The van der Waals surface area contributed by atoms with Gasteiger partial charge in [-0.2, -0.15) is 0 Å². The van der Waals surface area contributed by atoms with Gasteiger partial charge in [-0.1, -0.05) is 75.8 Å². The Morgan fingerprint density at radius 2 is 2.06 bits per heavy atom. The second-order valence-corrected chi connectivity index (χ2v) is 10.7. The first-order valence-corrected chi connectivity index (χ1v) is 12.7. The SMILES string of the molecule is C=C1/C(=C\C=C2/CCCC3(C)C(C(C)C/C=C/C(O)(CC)CC)=CCC23)CC(N)CC1F. The van der Waals surface area contributed by atoms with Gasteiger partial charge in [0.15, 0.2) is 0 Å². The zero-order chi connectivity index (χ0) is 23.5. The minimum absolute atomic E-state index is 0.108. The molecule has 2 nitrogen and oxygen atoms in total. The molecule has 0 aromatic rings. The van der Waals surface area contributed by atoms with Crippen molar-refractivity contribution in [3.8, 4) is 0 Å². The maximum Gasteiger partial charge on any atom is 0.126 e. The van der Waals surface area contributed by atoms with Gasteiger partial charge in [-0.15, -0.1) is 0 Å². The highest BCUT2D eigenvalue weighted by Gasteiger charge is 2.45. The number of rotatable bonds is 7. The number of halogens is 1. The fourth-order valence-corrected chi connectivity index (χ4v) is 6.21. The smallest absolute Gasteiger partial charge is 0.126 e. The Labute approximate surface area is 195 Å². The first-order chi connectivity index (χ1) is 15.1. The third kappa shape index (κ3) is 5.20. The second kappa shape index (κ2) is 10.2. The molecule has 0 amide bonds. The van der Waals surface area contributed by atoms with Gasteiger partial charge in [0, 0.05) is 6.04 Å². The van der Waals surface area contributed by atoms with E-state index in [4.69, 9.17) is 5.73 Å². The van der Waals surface area contributed by atoms with E-state index < -0.39 is 11.8 Å². The lowest BCUT2D eigenvalue weighted by Crippen LogP contribution is -2.32. The summed E-state index contributed by atoms with van der Waals surface area (Å²) in [6.45, 7) is 12.8. The number of fused-ring (bicyclic) bond motifs is 1. The molecule has 0 saturated heterocycles. The topological polar surface area (TPSA) is 46.2 Å². The molecule has 2 fully saturated rings. The Bertz CT molecular complexity index is 815. The van der Waals surface area contributed by atoms with Gasteiger partial charge in [-0.05, 0) is 86.2 Å². The van der Waals surface area contributed by atoms with Crippen molar-refractivity contribution in [2.24, 2.45) is 23.0 Å². The summed E-state index contributed by atoms with van der Waals surface area (Å²) in [5.41, 5.74) is 10.3. The van der Waals surface area contributed by atoms with Crippen LogP contribution >= 0.6 is 0 Å². The van der Waals surface area contributed by atoms with E-state index in [0.717, 1.165) is 44.1 Å². The molecule has 0 aromatic carbocycles. The van der Waals surface area contributed by atoms with Crippen LogP contribution in [0.5, 0.6) is 0 Å². The van der Waals surface area contributed by atoms with Crippen molar-refractivity contribution in [3.05, 3.63) is 59.3 Å². The molecule has 0 radical (unpaired) electrons. The molecule has 3 aliphatic carbocycles. The fourth-order valence-electron chi connectivity index (χ4n) is 6.21. The molecular weight excluding hydrogens is 397 g/mol. The molecule has 0 heterocycles. The van der Waals surface area contributed by atoms with Crippen molar-refractivity contribution in [2.75, 3.05) is 0 Å². The molecule has 3 aliphatic rings. The summed E-state index contributed by atoms with van der Waals surface area (Å²) in [5, 5.41) is 10.5. The van der Waals surface area contributed by atoms with Crippen LogP contribution in [0.1, 0.15) is 85.5 Å². The average molecular weight is 442 g/mol. The van der Waals surface area contributed by atoms with Gasteiger partial charge >= 0.3 is 0 Å². The number of allylic oxidation sites excluding steroid dienone is 7. The summed E-state index contributed by atoms with van der Waals surface area (Å²) in [5.74, 6) is 1.00. The van der Waals surface area contributed by atoms with Crippen LogP contribution in [-0.4, -0.2) is 22.9 Å². The van der Waals surface area contributed by atoms with Crippen molar-refractivity contribution in [1.82, 2.24) is 0 Å². The molecule has 5 atom stereocenters. The molecular formula is C29H44FNO. The van der Waals surface area contributed by atoms with Crippen LogP contribution in [0.15, 0.2) is 59.3 Å². The van der Waals surface area contributed by atoms with Crippen molar-refractivity contribution < 1.29 is 9.50 Å². The molecule has 178 valence electrons. The maximum atomic E-state index is 14.2. The number of hydrogen-bond acceptors (Lipinski definition) is 2. The summed E-state index contributed by atoms with van der Waals surface area (Å²) in [6.07, 6.45) is 18.3. The number of hydrogen-bond donors (Lipinski definition) is 2. The zero-order valence-electron chi connectivity index (χ0n) is 20.7. The fraction of sp³-hybridized carbons (Fsp3) is 0.655. The van der Waals surface area contributed by atoms with Crippen LogP contribution in [0.25, 0.3) is 0 Å². The second-order valence-electron chi connectivity index (χ2n) is 10.7. The molecule has 0 bridgehead atoms. The summed E-state index contributed by atoms with van der Waals surface area (Å²) < 4.78 is 14.2. The van der Waals surface area contributed by atoms with E-state index in [1.807, 2.05) is 19.9 Å². The molecule has 0 spiro atoms. The van der Waals surface area contributed by atoms with Crippen molar-refractivity contribution in [1.29, 1.82) is 0 Å². The average Bonchev–Trinajstić information content (AvgIpc) is 3.12. The van der Waals surface area contributed by atoms with Crippen molar-refractivity contribution in [2.45, 2.75) is 103 Å². The minimum Gasteiger partial charge on any atom is -0.386 e. The van der Waals surface area contributed by atoms with E-state index in [1.165, 1.54) is 18.4 Å². The summed E-state index contributed by atoms with van der Waals surface area (Å²) in [7, 11) is 0. The van der Waals surface area contributed by atoms with Gasteiger partial charge in [0.2, 0.25) is 0 Å². The minimum atomic E-state index is -1.01. The monoisotopic (exact) mass is 441 g/mol. The van der Waals surface area contributed by atoms with E-state index in [0.29, 0.717) is 23.8 Å². The van der Waals surface area contributed by atoms with E-state index >= 15 is 0 Å². The van der Waals surface area contributed by atoms with Crippen LogP contribution in [0.4, 0.5) is 4.39 Å². The molecule has 5 unspecified atom stereocenters. The third-order valence-corrected chi connectivity index (χ3v) is 8.57. The van der Waals surface area contributed by atoms with Gasteiger partial charge < -0.3 is 10.8 Å². The van der Waals surface area contributed by atoms with Crippen LogP contribution in [0.3, 0.4) is 0 Å². The van der Waals surface area contributed by atoms with Crippen LogP contribution in [-0.2, 0) is 0 Å². The van der Waals surface area contributed by atoms with E-state index in [9.17, 15) is 9.50 Å². The zero-order valence-corrected chi connectivity index (χ0v) is 20.7. The van der Waals surface area contributed by atoms with Gasteiger partial charge in [-0.25, -0.2) is 4.39 Å². The Balaban J connectivity index is 1.73. The van der Waals surface area contributed by atoms with Gasteiger partial charge in [-0.3, -0.25) is 0 Å². The van der Waals surface area contributed by atoms with E-state index in [1.54, 1.807) is 5.57 Å². The van der Waals surface area contributed by atoms with E-state index in [-0.39, 0.29) is 11.5 Å². The summed E-state index contributed by atoms with van der Waals surface area (Å²) in [6, 6.07) is -0.108. The van der Waals surface area contributed by atoms with Crippen LogP contribution < -0.4 is 5.73 Å². The number of aliphatic hydroxyl groups is 1. The highest BCUT2D eigenvalue weighted by Crippen LogP contribution is 2.57. The molecule has 0 aromatic heterocycles. The van der Waals surface area contributed by atoms with Gasteiger partial charge in [0.25, 0.3) is 0 Å². The number of alkyl halides is 1. The van der Waals surface area contributed by atoms with Crippen LogP contribution in [0.2, 0.25) is 0 Å². The van der Waals surface area contributed by atoms with E-state index in [2.05, 4.69) is 44.7 Å². The first-order valence-electron chi connectivity index (χ1n) is 12.7.